The largest absolute Gasteiger partial charge is 0.354 e. The predicted octanol–water partition coefficient (Wildman–Crippen LogP) is 3.10. The van der Waals surface area contributed by atoms with Gasteiger partial charge in [-0.1, -0.05) is 11.3 Å². The molecule has 3 rings (SSSR count). The van der Waals surface area contributed by atoms with Crippen LogP contribution in [0.4, 0.5) is 5.13 Å². The van der Waals surface area contributed by atoms with Gasteiger partial charge < -0.3 is 5.32 Å². The van der Waals surface area contributed by atoms with Gasteiger partial charge in [0.15, 0.2) is 0 Å². The maximum absolute atomic E-state index is 4.49. The fourth-order valence-corrected chi connectivity index (χ4v) is 3.44. The summed E-state index contributed by atoms with van der Waals surface area (Å²) in [7, 11) is 0. The number of nitrogens with one attached hydrogen (secondary N) is 1. The molecule has 0 atom stereocenters. The maximum atomic E-state index is 4.49. The summed E-state index contributed by atoms with van der Waals surface area (Å²) in [5.74, 6) is 0.686. The van der Waals surface area contributed by atoms with Crippen molar-refractivity contribution in [1.82, 2.24) is 15.2 Å². The van der Waals surface area contributed by atoms with E-state index in [0.29, 0.717) is 5.92 Å². The SMILES string of the molecule is Cc1nc(CNc2nnc(C3CC3)s2)c(C)s1. The molecule has 1 aliphatic rings. The lowest BCUT2D eigenvalue weighted by molar-refractivity contribution is 0.960. The topological polar surface area (TPSA) is 50.7 Å². The second-order valence-electron chi connectivity index (χ2n) is 4.31. The van der Waals surface area contributed by atoms with E-state index in [9.17, 15) is 0 Å². The third kappa shape index (κ3) is 2.47. The Hall–Kier alpha value is -1.01. The Labute approximate surface area is 108 Å². The predicted molar refractivity (Wildman–Crippen MR) is 70.8 cm³/mol. The second kappa shape index (κ2) is 4.34. The van der Waals surface area contributed by atoms with Gasteiger partial charge in [0, 0.05) is 10.8 Å². The summed E-state index contributed by atoms with van der Waals surface area (Å²) in [5.41, 5.74) is 1.12. The van der Waals surface area contributed by atoms with Gasteiger partial charge in [0.25, 0.3) is 0 Å². The second-order valence-corrected chi connectivity index (χ2v) is 6.73. The first-order chi connectivity index (χ1) is 8.22. The number of thiazole rings is 1. The normalized spacial score (nSPS) is 15.2. The third-order valence-corrected chi connectivity index (χ3v) is 4.75. The van der Waals surface area contributed by atoms with Crippen LogP contribution in [0.2, 0.25) is 0 Å². The number of hydrogen-bond donors (Lipinski definition) is 1. The standard InChI is InChI=1S/C11H14N4S2/c1-6-9(13-7(2)16-6)5-12-11-15-14-10(17-11)8-3-4-8/h8H,3-5H2,1-2H3,(H,12,15). The summed E-state index contributed by atoms with van der Waals surface area (Å²) in [5, 5.41) is 14.9. The van der Waals surface area contributed by atoms with Crippen molar-refractivity contribution in [3.63, 3.8) is 0 Å². The molecule has 90 valence electrons. The van der Waals surface area contributed by atoms with Gasteiger partial charge in [0.2, 0.25) is 5.13 Å². The zero-order valence-corrected chi connectivity index (χ0v) is 11.5. The highest BCUT2D eigenvalue weighted by Gasteiger charge is 2.27. The minimum Gasteiger partial charge on any atom is -0.354 e. The molecule has 2 aromatic heterocycles. The van der Waals surface area contributed by atoms with E-state index in [4.69, 9.17) is 0 Å². The molecule has 2 aromatic rings. The van der Waals surface area contributed by atoms with Crippen LogP contribution < -0.4 is 5.32 Å². The lowest BCUT2D eigenvalue weighted by atomic mass is 10.4. The van der Waals surface area contributed by atoms with E-state index < -0.39 is 0 Å². The van der Waals surface area contributed by atoms with E-state index in [1.165, 1.54) is 22.7 Å². The Balaban J connectivity index is 1.64. The number of anilines is 1. The first kappa shape index (κ1) is 11.1. The van der Waals surface area contributed by atoms with Crippen molar-refractivity contribution in [2.24, 2.45) is 0 Å². The van der Waals surface area contributed by atoms with Crippen LogP contribution in [0.3, 0.4) is 0 Å². The molecule has 17 heavy (non-hydrogen) atoms. The van der Waals surface area contributed by atoms with Crippen molar-refractivity contribution in [2.75, 3.05) is 5.32 Å². The minimum atomic E-state index is 0.686. The van der Waals surface area contributed by atoms with Crippen molar-refractivity contribution < 1.29 is 0 Å². The van der Waals surface area contributed by atoms with Crippen LogP contribution in [0.1, 0.15) is 39.3 Å². The van der Waals surface area contributed by atoms with Crippen molar-refractivity contribution >= 4 is 27.8 Å². The number of hydrogen-bond acceptors (Lipinski definition) is 6. The average molecular weight is 266 g/mol. The van der Waals surface area contributed by atoms with E-state index in [0.717, 1.165) is 22.4 Å². The molecule has 0 spiro atoms. The molecule has 2 heterocycles. The molecular formula is C11H14N4S2. The van der Waals surface area contributed by atoms with Gasteiger partial charge in [-0.2, -0.15) is 0 Å². The monoisotopic (exact) mass is 266 g/mol. The lowest BCUT2D eigenvalue weighted by Gasteiger charge is -1.99. The van der Waals surface area contributed by atoms with E-state index in [2.05, 4.69) is 27.4 Å². The molecule has 6 heteroatoms. The first-order valence-electron chi connectivity index (χ1n) is 5.72. The zero-order chi connectivity index (χ0) is 11.8. The summed E-state index contributed by atoms with van der Waals surface area (Å²) < 4.78 is 0. The van der Waals surface area contributed by atoms with Crippen molar-refractivity contribution in [2.45, 2.75) is 39.2 Å². The van der Waals surface area contributed by atoms with Gasteiger partial charge in [0.1, 0.15) is 5.01 Å². The maximum Gasteiger partial charge on any atom is 0.206 e. The molecule has 0 unspecified atom stereocenters. The van der Waals surface area contributed by atoms with Crippen LogP contribution in [-0.4, -0.2) is 15.2 Å². The molecular weight excluding hydrogens is 252 g/mol. The highest BCUT2D eigenvalue weighted by atomic mass is 32.1. The van der Waals surface area contributed by atoms with Crippen molar-refractivity contribution in [1.29, 1.82) is 0 Å². The van der Waals surface area contributed by atoms with E-state index in [-0.39, 0.29) is 0 Å². The number of aryl methyl sites for hydroxylation is 2. The van der Waals surface area contributed by atoms with E-state index in [1.807, 2.05) is 6.92 Å². The van der Waals surface area contributed by atoms with Gasteiger partial charge in [0.05, 0.1) is 17.2 Å². The van der Waals surface area contributed by atoms with E-state index >= 15 is 0 Å². The number of nitrogens with zero attached hydrogens (tertiary/aromatic N) is 3. The van der Waals surface area contributed by atoms with Gasteiger partial charge in [-0.25, -0.2) is 4.98 Å². The van der Waals surface area contributed by atoms with Gasteiger partial charge in [-0.05, 0) is 26.7 Å². The molecule has 0 bridgehead atoms. The molecule has 1 fully saturated rings. The van der Waals surface area contributed by atoms with Crippen molar-refractivity contribution in [3.8, 4) is 0 Å². The number of rotatable bonds is 4. The molecule has 0 aliphatic heterocycles. The quantitative estimate of drug-likeness (QED) is 0.924. The molecule has 1 saturated carbocycles. The van der Waals surface area contributed by atoms with Crippen LogP contribution in [0, 0.1) is 13.8 Å². The molecule has 0 saturated heterocycles. The molecule has 0 radical (unpaired) electrons. The highest BCUT2D eigenvalue weighted by molar-refractivity contribution is 7.15. The lowest BCUT2D eigenvalue weighted by Crippen LogP contribution is -2.00. The Kier molecular flexibility index (Phi) is 2.84. The highest BCUT2D eigenvalue weighted by Crippen LogP contribution is 2.42. The molecule has 0 aromatic carbocycles. The molecule has 4 nitrogen and oxygen atoms in total. The average Bonchev–Trinajstić information content (AvgIpc) is 2.95. The Bertz CT molecular complexity index is 527. The zero-order valence-electron chi connectivity index (χ0n) is 9.86. The summed E-state index contributed by atoms with van der Waals surface area (Å²) in [6.45, 7) is 4.89. The van der Waals surface area contributed by atoms with Gasteiger partial charge in [-0.3, -0.25) is 0 Å². The van der Waals surface area contributed by atoms with Crippen LogP contribution in [-0.2, 0) is 6.54 Å². The van der Waals surface area contributed by atoms with Crippen molar-refractivity contribution in [3.05, 3.63) is 20.6 Å². The number of aromatic nitrogens is 3. The fraction of sp³-hybridized carbons (Fsp3) is 0.545. The fourth-order valence-electron chi connectivity index (χ4n) is 1.70. The Morgan fingerprint density at radius 2 is 2.06 bits per heavy atom. The third-order valence-electron chi connectivity index (χ3n) is 2.77. The Morgan fingerprint density at radius 3 is 2.71 bits per heavy atom. The summed E-state index contributed by atoms with van der Waals surface area (Å²) in [4.78, 5) is 5.77. The summed E-state index contributed by atoms with van der Waals surface area (Å²) in [6, 6.07) is 0. The summed E-state index contributed by atoms with van der Waals surface area (Å²) in [6.07, 6.45) is 2.55. The van der Waals surface area contributed by atoms with E-state index in [1.54, 1.807) is 22.7 Å². The molecule has 1 aliphatic carbocycles. The summed E-state index contributed by atoms with van der Waals surface area (Å²) >= 11 is 3.42. The molecule has 1 N–H and O–H groups in total. The van der Waals surface area contributed by atoms with Crippen LogP contribution in [0.15, 0.2) is 0 Å². The molecule has 0 amide bonds. The van der Waals surface area contributed by atoms with Gasteiger partial charge in [-0.15, -0.1) is 21.5 Å². The smallest absolute Gasteiger partial charge is 0.206 e. The van der Waals surface area contributed by atoms with Gasteiger partial charge >= 0.3 is 0 Å². The van der Waals surface area contributed by atoms with Crippen LogP contribution >= 0.6 is 22.7 Å². The van der Waals surface area contributed by atoms with Crippen LogP contribution in [0.5, 0.6) is 0 Å². The van der Waals surface area contributed by atoms with Crippen LogP contribution in [0.25, 0.3) is 0 Å². The first-order valence-corrected chi connectivity index (χ1v) is 7.36. The Morgan fingerprint density at radius 1 is 1.24 bits per heavy atom. The minimum absolute atomic E-state index is 0.686.